The van der Waals surface area contributed by atoms with E-state index in [9.17, 15) is 14.4 Å². The summed E-state index contributed by atoms with van der Waals surface area (Å²) in [7, 11) is 0. The molecule has 5 heteroatoms. The van der Waals surface area contributed by atoms with Crippen molar-refractivity contribution >= 4 is 24.2 Å². The molecule has 0 saturated heterocycles. The molecule has 2 aromatic carbocycles. The van der Waals surface area contributed by atoms with E-state index in [0.29, 0.717) is 36.3 Å². The molecule has 0 aromatic heterocycles. The van der Waals surface area contributed by atoms with Crippen LogP contribution in [-0.2, 0) is 16.0 Å². The number of carbonyl (C=O) groups excluding carboxylic acids is 3. The third kappa shape index (κ3) is 5.14. The monoisotopic (exact) mass is 350 g/mol. The number of ether oxygens (including phenoxy) is 1. The van der Waals surface area contributed by atoms with E-state index in [4.69, 9.17) is 4.74 Å². The number of rotatable bonds is 8. The highest BCUT2D eigenvalue weighted by Gasteiger charge is 2.13. The predicted molar refractivity (Wildman–Crippen MR) is 99.6 cm³/mol. The van der Waals surface area contributed by atoms with E-state index >= 15 is 0 Å². The van der Waals surface area contributed by atoms with Gasteiger partial charge in [-0.1, -0.05) is 42.5 Å². The van der Waals surface area contributed by atoms with Gasteiger partial charge in [-0.15, -0.1) is 0 Å². The van der Waals surface area contributed by atoms with Crippen LogP contribution in [-0.4, -0.2) is 31.3 Å². The van der Waals surface area contributed by atoms with Gasteiger partial charge >= 0.3 is 5.97 Å². The number of esters is 1. The van der Waals surface area contributed by atoms with E-state index < -0.39 is 0 Å². The van der Waals surface area contributed by atoms with Crippen LogP contribution in [0.1, 0.15) is 38.8 Å². The van der Waals surface area contributed by atoms with Gasteiger partial charge in [0.05, 0.1) is 12.2 Å². The Morgan fingerprint density at radius 2 is 1.77 bits per heavy atom. The molecule has 0 spiro atoms. The van der Waals surface area contributed by atoms with E-state index in [0.717, 1.165) is 5.56 Å². The fourth-order valence-corrected chi connectivity index (χ4v) is 2.53. The molecule has 5 nitrogen and oxygen atoms in total. The Morgan fingerprint density at radius 3 is 2.50 bits per heavy atom. The van der Waals surface area contributed by atoms with E-state index in [-0.39, 0.29) is 11.9 Å². The average Bonchev–Trinajstić information content (AvgIpc) is 2.67. The molecule has 1 amide bonds. The number of hydrogen-bond acceptors (Lipinski definition) is 4. The van der Waals surface area contributed by atoms with Crippen LogP contribution in [0.5, 0.6) is 0 Å². The summed E-state index contributed by atoms with van der Waals surface area (Å²) in [6.07, 6.45) is 4.93. The Hall–Kier alpha value is -3.21. The van der Waals surface area contributed by atoms with Crippen molar-refractivity contribution in [1.29, 1.82) is 0 Å². The van der Waals surface area contributed by atoms with Crippen molar-refractivity contribution in [1.82, 2.24) is 5.32 Å². The highest BCUT2D eigenvalue weighted by Crippen LogP contribution is 2.12. The van der Waals surface area contributed by atoms with E-state index in [2.05, 4.69) is 5.32 Å². The van der Waals surface area contributed by atoms with Gasteiger partial charge in [0.15, 0.2) is 0 Å². The molecule has 0 heterocycles. The van der Waals surface area contributed by atoms with Crippen LogP contribution in [0.3, 0.4) is 0 Å². The van der Waals surface area contributed by atoms with Crippen molar-refractivity contribution in [2.75, 3.05) is 13.2 Å². The van der Waals surface area contributed by atoms with Crippen molar-refractivity contribution in [2.24, 2.45) is 0 Å². The van der Waals surface area contributed by atoms with Crippen molar-refractivity contribution in [3.8, 4) is 0 Å². The molecular weight excluding hydrogens is 330 g/mol. The lowest BCUT2D eigenvalue weighted by atomic mass is 10.0. The number of benzene rings is 2. The minimum atomic E-state index is -0.366. The summed E-state index contributed by atoms with van der Waals surface area (Å²) in [5, 5.41) is 2.84. The first-order chi connectivity index (χ1) is 12.7. The maximum absolute atomic E-state index is 12.4. The molecule has 0 unspecified atom stereocenters. The highest BCUT2D eigenvalue weighted by molar-refractivity contribution is 5.98. The van der Waals surface area contributed by atoms with Crippen molar-refractivity contribution in [2.45, 2.75) is 13.3 Å². The molecule has 1 N–H and O–H groups in total. The maximum atomic E-state index is 12.4. The molecule has 0 atom stereocenters. The minimum Gasteiger partial charge on any atom is -0.462 e. The smallest absolute Gasteiger partial charge is 0.338 e. The summed E-state index contributed by atoms with van der Waals surface area (Å²) in [6.45, 7) is 2.44. The second-order valence-electron chi connectivity index (χ2n) is 5.42. The third-order valence-electron chi connectivity index (χ3n) is 3.73. The Labute approximate surface area is 152 Å². The third-order valence-corrected chi connectivity index (χ3v) is 3.73. The molecule has 0 saturated carbocycles. The molecule has 0 aliphatic carbocycles. The van der Waals surface area contributed by atoms with E-state index in [1.54, 1.807) is 49.6 Å². The molecule has 2 rings (SSSR count). The standard InChI is InChI=1S/C21H20NO4/c1-2-26-21(25)19-12-6-4-9-17(19)13-14-22-20(24)18-11-5-3-8-16(18)10-7-15-23/h3-12H,2,13-14H2,1H3,(H,22,24)/b10-7+. The number of nitrogens with one attached hydrogen (secondary N) is 1. The second-order valence-corrected chi connectivity index (χ2v) is 5.42. The van der Waals surface area contributed by atoms with Crippen molar-refractivity contribution < 1.29 is 19.1 Å². The van der Waals surface area contributed by atoms with Crippen LogP contribution < -0.4 is 5.32 Å². The van der Waals surface area contributed by atoms with E-state index in [1.807, 2.05) is 12.1 Å². The number of hydrogen-bond donors (Lipinski definition) is 1. The molecule has 26 heavy (non-hydrogen) atoms. The Bertz CT molecular complexity index is 811. The topological polar surface area (TPSA) is 72.5 Å². The van der Waals surface area contributed by atoms with Gasteiger partial charge in [-0.2, -0.15) is 0 Å². The molecule has 0 fully saturated rings. The Balaban J connectivity index is 2.03. The molecule has 0 aliphatic rings. The minimum absolute atomic E-state index is 0.246. The largest absolute Gasteiger partial charge is 0.462 e. The summed E-state index contributed by atoms with van der Waals surface area (Å²) < 4.78 is 5.05. The molecule has 1 radical (unpaired) electrons. The first kappa shape index (κ1) is 19.1. The predicted octanol–water partition coefficient (Wildman–Crippen LogP) is 2.96. The first-order valence-electron chi connectivity index (χ1n) is 8.33. The quantitative estimate of drug-likeness (QED) is 0.587. The summed E-state index contributed by atoms with van der Waals surface area (Å²) in [5.74, 6) is -0.611. The molecular formula is C21H20NO4. The lowest BCUT2D eigenvalue weighted by Gasteiger charge is -2.10. The van der Waals surface area contributed by atoms with Gasteiger partial charge in [0.1, 0.15) is 0 Å². The fraction of sp³-hybridized carbons (Fsp3) is 0.190. The van der Waals surface area contributed by atoms with Gasteiger partial charge in [-0.3, -0.25) is 9.59 Å². The van der Waals surface area contributed by atoms with Gasteiger partial charge in [-0.05, 0) is 42.7 Å². The molecule has 133 valence electrons. The maximum Gasteiger partial charge on any atom is 0.338 e. The zero-order chi connectivity index (χ0) is 18.8. The Morgan fingerprint density at radius 1 is 1.08 bits per heavy atom. The molecule has 0 aliphatic heterocycles. The number of allylic oxidation sites excluding steroid dienone is 1. The molecule has 0 bridgehead atoms. The zero-order valence-corrected chi connectivity index (χ0v) is 14.5. The van der Waals surface area contributed by atoms with Crippen molar-refractivity contribution in [3.05, 3.63) is 76.9 Å². The van der Waals surface area contributed by atoms with Crippen LogP contribution in [0.4, 0.5) is 0 Å². The van der Waals surface area contributed by atoms with E-state index in [1.165, 1.54) is 12.2 Å². The van der Waals surface area contributed by atoms with Crippen LogP contribution in [0.25, 0.3) is 6.08 Å². The van der Waals surface area contributed by atoms with Gasteiger partial charge in [-0.25, -0.2) is 4.79 Å². The van der Waals surface area contributed by atoms with Crippen molar-refractivity contribution in [3.63, 3.8) is 0 Å². The number of carbonyl (C=O) groups is 2. The normalized spacial score (nSPS) is 10.5. The van der Waals surface area contributed by atoms with Gasteiger partial charge in [0.25, 0.3) is 5.91 Å². The SMILES string of the molecule is CCOC(=O)c1ccccc1CCNC(=O)c1ccccc1/C=C/[C]=O. The van der Waals surface area contributed by atoms with Crippen LogP contribution in [0, 0.1) is 0 Å². The van der Waals surface area contributed by atoms with Crippen LogP contribution >= 0.6 is 0 Å². The summed E-state index contributed by atoms with van der Waals surface area (Å²) in [4.78, 5) is 34.8. The van der Waals surface area contributed by atoms with Crippen LogP contribution in [0.2, 0.25) is 0 Å². The van der Waals surface area contributed by atoms with Gasteiger partial charge < -0.3 is 10.1 Å². The highest BCUT2D eigenvalue weighted by atomic mass is 16.5. The lowest BCUT2D eigenvalue weighted by Crippen LogP contribution is -2.26. The fourth-order valence-electron chi connectivity index (χ4n) is 2.53. The summed E-state index contributed by atoms with van der Waals surface area (Å²) in [5.41, 5.74) is 2.43. The van der Waals surface area contributed by atoms with Gasteiger partial charge in [0, 0.05) is 12.1 Å². The first-order valence-corrected chi connectivity index (χ1v) is 8.33. The zero-order valence-electron chi connectivity index (χ0n) is 14.5. The lowest BCUT2D eigenvalue weighted by molar-refractivity contribution is 0.0525. The average molecular weight is 350 g/mol. The summed E-state index contributed by atoms with van der Waals surface area (Å²) in [6, 6.07) is 14.2. The Kier molecular flexibility index (Phi) is 7.31. The number of amides is 1. The van der Waals surface area contributed by atoms with Gasteiger partial charge in [0.2, 0.25) is 6.29 Å². The summed E-state index contributed by atoms with van der Waals surface area (Å²) >= 11 is 0. The van der Waals surface area contributed by atoms with Crippen LogP contribution in [0.15, 0.2) is 54.6 Å². The second kappa shape index (κ2) is 9.93. The molecule has 2 aromatic rings.